The maximum absolute atomic E-state index is 12.4. The Morgan fingerprint density at radius 1 is 1.07 bits per heavy atom. The van der Waals surface area contributed by atoms with Crippen molar-refractivity contribution in [3.05, 3.63) is 71.4 Å². The standard InChI is InChI=1S/C22H23N3O4/c1-15-11-21(25(24-15)13-17-7-5-4-6-8-17)23-22(27)14-29-19-10-9-18(16(2)26)12-20(19)28-3/h4-12H,13-14H2,1-3H3,(H,23,27). The molecule has 0 aliphatic heterocycles. The van der Waals surface area contributed by atoms with E-state index < -0.39 is 0 Å². The van der Waals surface area contributed by atoms with Gasteiger partial charge < -0.3 is 14.8 Å². The molecule has 3 aromatic rings. The minimum atomic E-state index is -0.322. The summed E-state index contributed by atoms with van der Waals surface area (Å²) >= 11 is 0. The van der Waals surface area contributed by atoms with E-state index in [0.717, 1.165) is 11.3 Å². The number of amides is 1. The molecule has 0 fully saturated rings. The molecule has 0 bridgehead atoms. The first-order valence-corrected chi connectivity index (χ1v) is 9.16. The van der Waals surface area contributed by atoms with E-state index in [-0.39, 0.29) is 18.3 Å². The highest BCUT2D eigenvalue weighted by atomic mass is 16.5. The van der Waals surface area contributed by atoms with E-state index in [9.17, 15) is 9.59 Å². The van der Waals surface area contributed by atoms with Gasteiger partial charge in [-0.3, -0.25) is 9.59 Å². The maximum atomic E-state index is 12.4. The summed E-state index contributed by atoms with van der Waals surface area (Å²) in [6, 6.07) is 16.5. The molecule has 150 valence electrons. The van der Waals surface area contributed by atoms with Crippen LogP contribution in [0.25, 0.3) is 0 Å². The molecule has 1 N–H and O–H groups in total. The van der Waals surface area contributed by atoms with Crippen molar-refractivity contribution in [1.29, 1.82) is 0 Å². The first-order valence-electron chi connectivity index (χ1n) is 9.16. The zero-order chi connectivity index (χ0) is 20.8. The van der Waals surface area contributed by atoms with Crippen molar-refractivity contribution < 1.29 is 19.1 Å². The molecule has 29 heavy (non-hydrogen) atoms. The van der Waals surface area contributed by atoms with Gasteiger partial charge in [-0.1, -0.05) is 30.3 Å². The Hall–Kier alpha value is -3.61. The summed E-state index contributed by atoms with van der Waals surface area (Å²) < 4.78 is 12.6. The number of methoxy groups -OCH3 is 1. The second-order valence-electron chi connectivity index (χ2n) is 6.57. The Bertz CT molecular complexity index is 1010. The average molecular weight is 393 g/mol. The largest absolute Gasteiger partial charge is 0.493 e. The lowest BCUT2D eigenvalue weighted by atomic mass is 10.1. The van der Waals surface area contributed by atoms with Crippen molar-refractivity contribution in [3.8, 4) is 11.5 Å². The molecule has 0 aliphatic carbocycles. The van der Waals surface area contributed by atoms with Gasteiger partial charge in [-0.15, -0.1) is 0 Å². The van der Waals surface area contributed by atoms with E-state index in [4.69, 9.17) is 9.47 Å². The number of aryl methyl sites for hydroxylation is 1. The van der Waals surface area contributed by atoms with Crippen molar-refractivity contribution in [2.24, 2.45) is 0 Å². The summed E-state index contributed by atoms with van der Waals surface area (Å²) in [6.07, 6.45) is 0. The summed E-state index contributed by atoms with van der Waals surface area (Å²) in [4.78, 5) is 23.9. The predicted molar refractivity (Wildman–Crippen MR) is 110 cm³/mol. The highest BCUT2D eigenvalue weighted by molar-refractivity contribution is 5.95. The monoisotopic (exact) mass is 393 g/mol. The second-order valence-corrected chi connectivity index (χ2v) is 6.57. The third-order valence-corrected chi connectivity index (χ3v) is 4.27. The Morgan fingerprint density at radius 2 is 1.83 bits per heavy atom. The van der Waals surface area contributed by atoms with Crippen LogP contribution in [0.3, 0.4) is 0 Å². The highest BCUT2D eigenvalue weighted by Crippen LogP contribution is 2.28. The minimum Gasteiger partial charge on any atom is -0.493 e. The smallest absolute Gasteiger partial charge is 0.263 e. The summed E-state index contributed by atoms with van der Waals surface area (Å²) in [7, 11) is 1.48. The van der Waals surface area contributed by atoms with Gasteiger partial charge in [0, 0.05) is 11.6 Å². The fourth-order valence-corrected chi connectivity index (χ4v) is 2.85. The lowest BCUT2D eigenvalue weighted by Gasteiger charge is -2.12. The van der Waals surface area contributed by atoms with Gasteiger partial charge in [0.05, 0.1) is 19.3 Å². The first kappa shape index (κ1) is 20.1. The molecule has 0 atom stereocenters. The molecule has 1 heterocycles. The van der Waals surface area contributed by atoms with Crippen LogP contribution >= 0.6 is 0 Å². The number of carbonyl (C=O) groups is 2. The molecule has 1 aromatic heterocycles. The highest BCUT2D eigenvalue weighted by Gasteiger charge is 2.13. The molecule has 0 radical (unpaired) electrons. The van der Waals surface area contributed by atoms with Crippen LogP contribution in [-0.2, 0) is 11.3 Å². The number of ether oxygens (including phenoxy) is 2. The number of rotatable bonds is 8. The number of Topliss-reactive ketones (excluding diaryl/α,β-unsaturated/α-hetero) is 1. The molecule has 7 heteroatoms. The van der Waals surface area contributed by atoms with Crippen LogP contribution < -0.4 is 14.8 Å². The van der Waals surface area contributed by atoms with Crippen LogP contribution in [0.15, 0.2) is 54.6 Å². The fraction of sp³-hybridized carbons (Fsp3) is 0.227. The number of ketones is 1. The zero-order valence-electron chi connectivity index (χ0n) is 16.6. The molecule has 1 amide bonds. The first-order chi connectivity index (χ1) is 14.0. The normalized spacial score (nSPS) is 10.4. The van der Waals surface area contributed by atoms with Gasteiger partial charge in [-0.2, -0.15) is 5.10 Å². The van der Waals surface area contributed by atoms with Gasteiger partial charge in [-0.25, -0.2) is 4.68 Å². The predicted octanol–water partition coefficient (Wildman–Crippen LogP) is 3.47. The summed E-state index contributed by atoms with van der Waals surface area (Å²) in [5.74, 6) is 0.988. The van der Waals surface area contributed by atoms with Crippen molar-refractivity contribution in [2.45, 2.75) is 20.4 Å². The van der Waals surface area contributed by atoms with Gasteiger partial charge in [0.15, 0.2) is 23.9 Å². The molecule has 2 aromatic carbocycles. The number of aromatic nitrogens is 2. The Balaban J connectivity index is 1.65. The number of carbonyl (C=O) groups excluding carboxylic acids is 2. The molecule has 3 rings (SSSR count). The van der Waals surface area contributed by atoms with Gasteiger partial charge in [0.1, 0.15) is 5.82 Å². The third kappa shape index (κ3) is 5.22. The second kappa shape index (κ2) is 9.05. The fourth-order valence-electron chi connectivity index (χ4n) is 2.85. The molecular formula is C22H23N3O4. The van der Waals surface area contributed by atoms with Gasteiger partial charge in [0.2, 0.25) is 0 Å². The number of anilines is 1. The minimum absolute atomic E-state index is 0.0744. The summed E-state index contributed by atoms with van der Waals surface area (Å²) in [5.41, 5.74) is 2.40. The topological polar surface area (TPSA) is 82.4 Å². The summed E-state index contributed by atoms with van der Waals surface area (Å²) in [6.45, 7) is 3.69. The van der Waals surface area contributed by atoms with Gasteiger partial charge in [-0.05, 0) is 37.6 Å². The quantitative estimate of drug-likeness (QED) is 0.593. The Kier molecular flexibility index (Phi) is 6.29. The number of hydrogen-bond acceptors (Lipinski definition) is 5. The molecule has 0 saturated heterocycles. The zero-order valence-corrected chi connectivity index (χ0v) is 16.6. The molecule has 0 saturated carbocycles. The van der Waals surface area contributed by atoms with Crippen LogP contribution in [-0.4, -0.2) is 35.2 Å². The lowest BCUT2D eigenvalue weighted by molar-refractivity contribution is -0.118. The van der Waals surface area contributed by atoms with Crippen LogP contribution in [0.5, 0.6) is 11.5 Å². The van der Waals surface area contributed by atoms with Gasteiger partial charge >= 0.3 is 0 Å². The van der Waals surface area contributed by atoms with Crippen molar-refractivity contribution in [2.75, 3.05) is 19.0 Å². The molecule has 0 aliphatic rings. The Morgan fingerprint density at radius 3 is 2.52 bits per heavy atom. The molecule has 0 unspecified atom stereocenters. The average Bonchev–Trinajstić information content (AvgIpc) is 3.05. The maximum Gasteiger partial charge on any atom is 0.263 e. The van der Waals surface area contributed by atoms with Crippen LogP contribution in [0.2, 0.25) is 0 Å². The molecule has 7 nitrogen and oxygen atoms in total. The van der Waals surface area contributed by atoms with E-state index in [2.05, 4.69) is 10.4 Å². The van der Waals surface area contributed by atoms with E-state index >= 15 is 0 Å². The SMILES string of the molecule is COc1cc(C(C)=O)ccc1OCC(=O)Nc1cc(C)nn1Cc1ccccc1. The van der Waals surface area contributed by atoms with Crippen LogP contribution in [0.4, 0.5) is 5.82 Å². The van der Waals surface area contributed by atoms with Crippen molar-refractivity contribution >= 4 is 17.5 Å². The number of hydrogen-bond donors (Lipinski definition) is 1. The van der Waals surface area contributed by atoms with Crippen LogP contribution in [0.1, 0.15) is 28.5 Å². The summed E-state index contributed by atoms with van der Waals surface area (Å²) in [5, 5.41) is 7.27. The molecular weight excluding hydrogens is 370 g/mol. The van der Waals surface area contributed by atoms with E-state index in [1.54, 1.807) is 22.9 Å². The van der Waals surface area contributed by atoms with E-state index in [0.29, 0.717) is 29.4 Å². The van der Waals surface area contributed by atoms with Crippen LogP contribution in [0, 0.1) is 6.92 Å². The number of nitrogens with zero attached hydrogens (tertiary/aromatic N) is 2. The third-order valence-electron chi connectivity index (χ3n) is 4.27. The van der Waals surface area contributed by atoms with Crippen molar-refractivity contribution in [1.82, 2.24) is 9.78 Å². The van der Waals surface area contributed by atoms with Crippen molar-refractivity contribution in [3.63, 3.8) is 0 Å². The number of nitrogens with one attached hydrogen (secondary N) is 1. The van der Waals surface area contributed by atoms with E-state index in [1.165, 1.54) is 14.0 Å². The number of benzene rings is 2. The lowest BCUT2D eigenvalue weighted by Crippen LogP contribution is -2.22. The van der Waals surface area contributed by atoms with Gasteiger partial charge in [0.25, 0.3) is 5.91 Å². The van der Waals surface area contributed by atoms with E-state index in [1.807, 2.05) is 43.3 Å². The Labute approximate surface area is 169 Å². The molecule has 0 spiro atoms.